The van der Waals surface area contributed by atoms with Crippen LogP contribution in [-0.4, -0.2) is 30.1 Å². The molecule has 19 heavy (non-hydrogen) atoms. The van der Waals surface area contributed by atoms with E-state index in [9.17, 15) is 9.90 Å². The molecule has 1 unspecified atom stereocenters. The lowest BCUT2D eigenvalue weighted by atomic mass is 9.61. The van der Waals surface area contributed by atoms with Crippen LogP contribution in [0.25, 0.3) is 0 Å². The summed E-state index contributed by atoms with van der Waals surface area (Å²) in [7, 11) is 3.96. The first-order chi connectivity index (χ1) is 8.88. The smallest absolute Gasteiger partial charge is 0.311 e. The fourth-order valence-electron chi connectivity index (χ4n) is 3.29. The van der Waals surface area contributed by atoms with Crippen LogP contribution in [0, 0.1) is 19.3 Å². The zero-order valence-electron chi connectivity index (χ0n) is 12.2. The quantitative estimate of drug-likeness (QED) is 0.905. The minimum atomic E-state index is -0.654. The molecule has 0 aromatic heterocycles. The first-order valence-electron chi connectivity index (χ1n) is 6.85. The summed E-state index contributed by atoms with van der Waals surface area (Å²) in [6.45, 7) is 4.13. The summed E-state index contributed by atoms with van der Waals surface area (Å²) in [4.78, 5) is 13.9. The number of aliphatic carboxylic acids is 1. The number of carbonyl (C=O) groups is 1. The van der Waals surface area contributed by atoms with Crippen LogP contribution in [0.15, 0.2) is 18.2 Å². The largest absolute Gasteiger partial charge is 0.481 e. The van der Waals surface area contributed by atoms with Gasteiger partial charge in [-0.2, -0.15) is 0 Å². The first-order valence-corrected chi connectivity index (χ1v) is 6.85. The van der Waals surface area contributed by atoms with Crippen molar-refractivity contribution in [2.24, 2.45) is 5.41 Å². The zero-order valence-corrected chi connectivity index (χ0v) is 12.2. The second-order valence-electron chi connectivity index (χ2n) is 6.04. The Morgan fingerprint density at radius 3 is 2.37 bits per heavy atom. The number of carboxylic acids is 1. The summed E-state index contributed by atoms with van der Waals surface area (Å²) in [6.07, 6.45) is 2.57. The van der Waals surface area contributed by atoms with Gasteiger partial charge >= 0.3 is 5.97 Å². The molecule has 0 saturated heterocycles. The summed E-state index contributed by atoms with van der Waals surface area (Å²) in [6, 6.07) is 6.27. The third-order valence-electron chi connectivity index (χ3n) is 4.44. The molecule has 0 spiro atoms. The highest BCUT2D eigenvalue weighted by Crippen LogP contribution is 2.53. The number of carboxylic acid groups (broad SMARTS) is 1. The molecular formula is C16H23NO2. The minimum absolute atomic E-state index is 0.0429. The van der Waals surface area contributed by atoms with Crippen molar-refractivity contribution in [3.05, 3.63) is 34.9 Å². The molecule has 0 heterocycles. The van der Waals surface area contributed by atoms with E-state index in [0.717, 1.165) is 24.8 Å². The van der Waals surface area contributed by atoms with Crippen LogP contribution in [0.4, 0.5) is 0 Å². The van der Waals surface area contributed by atoms with Crippen molar-refractivity contribution >= 4 is 5.97 Å². The number of hydrogen-bond acceptors (Lipinski definition) is 2. The number of aryl methyl sites for hydroxylation is 2. The molecule has 2 rings (SSSR count). The van der Waals surface area contributed by atoms with Gasteiger partial charge in [-0.1, -0.05) is 30.2 Å². The Bertz CT molecular complexity index is 490. The van der Waals surface area contributed by atoms with E-state index < -0.39 is 11.4 Å². The Balaban J connectivity index is 2.52. The molecule has 1 saturated carbocycles. The third-order valence-corrected chi connectivity index (χ3v) is 4.44. The molecule has 0 amide bonds. The SMILES string of the molecule is Cc1ccc(C)c(C(N(C)C)C2(C(=O)O)CCC2)c1. The van der Waals surface area contributed by atoms with Crippen LogP contribution in [-0.2, 0) is 4.79 Å². The molecular weight excluding hydrogens is 238 g/mol. The van der Waals surface area contributed by atoms with Gasteiger partial charge in [0, 0.05) is 0 Å². The van der Waals surface area contributed by atoms with Crippen LogP contribution >= 0.6 is 0 Å². The van der Waals surface area contributed by atoms with Gasteiger partial charge in [0.2, 0.25) is 0 Å². The molecule has 1 fully saturated rings. The van der Waals surface area contributed by atoms with Gasteiger partial charge in [0.05, 0.1) is 11.5 Å². The van der Waals surface area contributed by atoms with E-state index >= 15 is 0 Å². The molecule has 1 aliphatic carbocycles. The predicted molar refractivity (Wildman–Crippen MR) is 76.3 cm³/mol. The Labute approximate surface area is 115 Å². The number of nitrogens with zero attached hydrogens (tertiary/aromatic N) is 1. The van der Waals surface area contributed by atoms with Gasteiger partial charge in [0.1, 0.15) is 0 Å². The number of rotatable bonds is 4. The first kappa shape index (κ1) is 14.1. The van der Waals surface area contributed by atoms with Crippen LogP contribution in [0.2, 0.25) is 0 Å². The maximum atomic E-state index is 11.8. The Kier molecular flexibility index (Phi) is 3.68. The summed E-state index contributed by atoms with van der Waals surface area (Å²) in [5, 5.41) is 9.70. The van der Waals surface area contributed by atoms with Gasteiger partial charge in [-0.25, -0.2) is 0 Å². The van der Waals surface area contributed by atoms with Gasteiger partial charge < -0.3 is 10.0 Å². The van der Waals surface area contributed by atoms with Crippen molar-refractivity contribution in [3.63, 3.8) is 0 Å². The Morgan fingerprint density at radius 1 is 1.32 bits per heavy atom. The van der Waals surface area contributed by atoms with Crippen molar-refractivity contribution < 1.29 is 9.90 Å². The van der Waals surface area contributed by atoms with Crippen LogP contribution in [0.3, 0.4) is 0 Å². The summed E-state index contributed by atoms with van der Waals surface area (Å²) in [5.74, 6) is -0.654. The molecule has 3 heteroatoms. The summed E-state index contributed by atoms with van der Waals surface area (Å²) < 4.78 is 0. The third kappa shape index (κ3) is 2.27. The van der Waals surface area contributed by atoms with E-state index in [2.05, 4.69) is 36.9 Å². The van der Waals surface area contributed by atoms with E-state index in [4.69, 9.17) is 0 Å². The van der Waals surface area contributed by atoms with E-state index in [0.29, 0.717) is 0 Å². The fraction of sp³-hybridized carbons (Fsp3) is 0.562. The average molecular weight is 261 g/mol. The minimum Gasteiger partial charge on any atom is -0.481 e. The second-order valence-corrected chi connectivity index (χ2v) is 6.04. The van der Waals surface area contributed by atoms with E-state index in [1.54, 1.807) is 0 Å². The fourth-order valence-corrected chi connectivity index (χ4v) is 3.29. The second kappa shape index (κ2) is 4.97. The topological polar surface area (TPSA) is 40.5 Å². The van der Waals surface area contributed by atoms with E-state index in [1.807, 2.05) is 14.1 Å². The molecule has 1 aliphatic rings. The molecule has 0 bridgehead atoms. The Morgan fingerprint density at radius 2 is 1.95 bits per heavy atom. The molecule has 3 nitrogen and oxygen atoms in total. The van der Waals surface area contributed by atoms with Gasteiger partial charge in [-0.05, 0) is 51.9 Å². The zero-order chi connectivity index (χ0) is 14.2. The molecule has 0 radical (unpaired) electrons. The van der Waals surface area contributed by atoms with Crippen LogP contribution < -0.4 is 0 Å². The Hall–Kier alpha value is -1.35. The maximum Gasteiger partial charge on any atom is 0.311 e. The van der Waals surface area contributed by atoms with Gasteiger partial charge in [0.25, 0.3) is 0 Å². The van der Waals surface area contributed by atoms with Crippen molar-refractivity contribution in [1.82, 2.24) is 4.90 Å². The molecule has 104 valence electrons. The van der Waals surface area contributed by atoms with Gasteiger partial charge in [-0.3, -0.25) is 4.79 Å². The maximum absolute atomic E-state index is 11.8. The lowest BCUT2D eigenvalue weighted by Crippen LogP contribution is -2.48. The summed E-state index contributed by atoms with van der Waals surface area (Å²) in [5.41, 5.74) is 2.92. The highest BCUT2D eigenvalue weighted by Gasteiger charge is 2.52. The van der Waals surface area contributed by atoms with Gasteiger partial charge in [0.15, 0.2) is 0 Å². The summed E-state index contributed by atoms with van der Waals surface area (Å²) >= 11 is 0. The number of hydrogen-bond donors (Lipinski definition) is 1. The van der Waals surface area contributed by atoms with E-state index in [1.165, 1.54) is 11.1 Å². The highest BCUT2D eigenvalue weighted by atomic mass is 16.4. The van der Waals surface area contributed by atoms with E-state index in [-0.39, 0.29) is 6.04 Å². The molecule has 0 aliphatic heterocycles. The van der Waals surface area contributed by atoms with Crippen molar-refractivity contribution in [2.45, 2.75) is 39.2 Å². The molecule has 1 aromatic rings. The predicted octanol–water partition coefficient (Wildman–Crippen LogP) is 3.16. The monoisotopic (exact) mass is 261 g/mol. The average Bonchev–Trinajstić information content (AvgIpc) is 2.26. The van der Waals surface area contributed by atoms with Crippen LogP contribution in [0.1, 0.15) is 42.0 Å². The van der Waals surface area contributed by atoms with Crippen LogP contribution in [0.5, 0.6) is 0 Å². The van der Waals surface area contributed by atoms with Gasteiger partial charge in [-0.15, -0.1) is 0 Å². The number of benzene rings is 1. The highest BCUT2D eigenvalue weighted by molar-refractivity contribution is 5.77. The molecule has 1 atom stereocenters. The standard InChI is InChI=1S/C16H23NO2/c1-11-6-7-12(2)13(10-11)14(17(3)4)16(15(18)19)8-5-9-16/h6-7,10,14H,5,8-9H2,1-4H3,(H,18,19). The van der Waals surface area contributed by atoms with Crippen molar-refractivity contribution in [3.8, 4) is 0 Å². The lowest BCUT2D eigenvalue weighted by molar-refractivity contribution is -0.161. The molecule has 1 aromatic carbocycles. The lowest BCUT2D eigenvalue weighted by Gasteiger charge is -2.47. The van der Waals surface area contributed by atoms with Crippen molar-refractivity contribution in [2.75, 3.05) is 14.1 Å². The molecule has 1 N–H and O–H groups in total. The van der Waals surface area contributed by atoms with Crippen molar-refractivity contribution in [1.29, 1.82) is 0 Å². The normalized spacial score (nSPS) is 19.0.